The zero-order valence-corrected chi connectivity index (χ0v) is 21.0. The van der Waals surface area contributed by atoms with E-state index in [1.165, 1.54) is 18.2 Å². The molecule has 4 nitrogen and oxygen atoms in total. The Kier molecular flexibility index (Phi) is 6.25. The molecule has 35 heavy (non-hydrogen) atoms. The van der Waals surface area contributed by atoms with Crippen LogP contribution in [0, 0.1) is 17.1 Å². The second-order valence-corrected chi connectivity index (χ2v) is 10.8. The van der Waals surface area contributed by atoms with E-state index < -0.39 is 5.82 Å². The van der Waals surface area contributed by atoms with Gasteiger partial charge in [-0.05, 0) is 52.3 Å². The van der Waals surface area contributed by atoms with Crippen LogP contribution >= 0.6 is 0 Å². The zero-order valence-electron chi connectivity index (χ0n) is 21.0. The Hall–Kier alpha value is -3.91. The molecule has 176 valence electrons. The van der Waals surface area contributed by atoms with Crippen molar-refractivity contribution in [2.45, 2.75) is 52.4 Å². The lowest BCUT2D eigenvalue weighted by Crippen LogP contribution is -2.11. The Labute approximate surface area is 206 Å². The average molecular weight is 465 g/mol. The van der Waals surface area contributed by atoms with Crippen molar-refractivity contribution in [2.75, 3.05) is 0 Å². The van der Waals surface area contributed by atoms with Crippen LogP contribution in [0.5, 0.6) is 0 Å². The highest BCUT2D eigenvalue weighted by atomic mass is 19.1. The van der Waals surface area contributed by atoms with Crippen LogP contribution in [-0.4, -0.2) is 15.0 Å². The summed E-state index contributed by atoms with van der Waals surface area (Å²) >= 11 is 0. The van der Waals surface area contributed by atoms with Crippen LogP contribution in [0.15, 0.2) is 66.7 Å². The molecule has 0 unspecified atom stereocenters. The molecule has 0 spiro atoms. The quantitative estimate of drug-likeness (QED) is 0.315. The minimum Gasteiger partial charge on any atom is -0.208 e. The third kappa shape index (κ3) is 5.27. The molecule has 0 N–H and O–H groups in total. The van der Waals surface area contributed by atoms with E-state index in [0.29, 0.717) is 17.2 Å². The molecule has 0 radical (unpaired) electrons. The Bertz CT molecular complexity index is 1360. The summed E-state index contributed by atoms with van der Waals surface area (Å²) in [7, 11) is 0. The van der Waals surface area contributed by atoms with Crippen molar-refractivity contribution in [3.05, 3.63) is 89.2 Å². The van der Waals surface area contributed by atoms with Gasteiger partial charge in [-0.25, -0.2) is 19.3 Å². The van der Waals surface area contributed by atoms with Gasteiger partial charge in [-0.2, -0.15) is 5.26 Å². The molecule has 1 aromatic heterocycles. The molecular weight excluding hydrogens is 435 g/mol. The van der Waals surface area contributed by atoms with Crippen molar-refractivity contribution in [1.29, 1.82) is 5.26 Å². The van der Waals surface area contributed by atoms with Gasteiger partial charge in [0, 0.05) is 11.1 Å². The Morgan fingerprint density at radius 3 is 1.60 bits per heavy atom. The van der Waals surface area contributed by atoms with Gasteiger partial charge in [-0.15, -0.1) is 0 Å². The van der Waals surface area contributed by atoms with Crippen molar-refractivity contribution in [2.24, 2.45) is 0 Å². The normalized spacial score (nSPS) is 11.8. The zero-order chi connectivity index (χ0) is 25.4. The van der Waals surface area contributed by atoms with Gasteiger partial charge in [0.15, 0.2) is 17.5 Å². The number of halogens is 1. The molecule has 0 aliphatic carbocycles. The summed E-state index contributed by atoms with van der Waals surface area (Å²) in [4.78, 5) is 14.1. The monoisotopic (exact) mass is 464 g/mol. The summed E-state index contributed by atoms with van der Waals surface area (Å²) in [6, 6.07) is 22.4. The summed E-state index contributed by atoms with van der Waals surface area (Å²) in [6.45, 7) is 12.9. The summed E-state index contributed by atoms with van der Waals surface area (Å²) in [5.74, 6) is 0.624. The van der Waals surface area contributed by atoms with Crippen LogP contribution in [0.25, 0.3) is 34.2 Å². The summed E-state index contributed by atoms with van der Waals surface area (Å²) in [5, 5.41) is 9.35. The maximum atomic E-state index is 14.9. The number of hydrogen-bond acceptors (Lipinski definition) is 4. The van der Waals surface area contributed by atoms with Crippen LogP contribution in [0.3, 0.4) is 0 Å². The fraction of sp³-hybridized carbons (Fsp3) is 0.267. The number of aromatic nitrogens is 3. The molecular formula is C30H29FN4. The first-order valence-corrected chi connectivity index (χ1v) is 11.6. The van der Waals surface area contributed by atoms with Crippen molar-refractivity contribution in [3.63, 3.8) is 0 Å². The Morgan fingerprint density at radius 2 is 1.14 bits per heavy atom. The molecule has 4 rings (SSSR count). The summed E-state index contributed by atoms with van der Waals surface area (Å²) < 4.78 is 14.9. The van der Waals surface area contributed by atoms with E-state index in [-0.39, 0.29) is 22.2 Å². The van der Waals surface area contributed by atoms with Crippen LogP contribution in [0.1, 0.15) is 58.2 Å². The fourth-order valence-corrected chi connectivity index (χ4v) is 3.77. The molecule has 4 aromatic rings. The van der Waals surface area contributed by atoms with Crippen molar-refractivity contribution in [3.8, 4) is 40.2 Å². The summed E-state index contributed by atoms with van der Waals surface area (Å²) in [6.07, 6.45) is 0. The standard InChI is InChI=1S/C30H29FN4/c1-29(2,3)22-11-7-9-20(16-22)26-33-27(21-10-8-12-23(17-21)30(4,5)6)35-28(34-26)24-15-19(18-32)13-14-25(24)31/h7-17H,1-6H3. The van der Waals surface area contributed by atoms with Crippen LogP contribution < -0.4 is 0 Å². The van der Waals surface area contributed by atoms with Gasteiger partial charge in [-0.1, -0.05) is 77.9 Å². The Morgan fingerprint density at radius 1 is 0.657 bits per heavy atom. The van der Waals surface area contributed by atoms with E-state index in [0.717, 1.165) is 22.3 Å². The lowest BCUT2D eigenvalue weighted by atomic mass is 9.86. The molecule has 0 bridgehead atoms. The third-order valence-electron chi connectivity index (χ3n) is 5.95. The van der Waals surface area contributed by atoms with E-state index in [4.69, 9.17) is 4.98 Å². The minimum absolute atomic E-state index is 0.0526. The summed E-state index contributed by atoms with van der Waals surface area (Å²) in [5.41, 5.74) is 4.35. The topological polar surface area (TPSA) is 62.5 Å². The largest absolute Gasteiger partial charge is 0.208 e. The molecule has 5 heteroatoms. The number of nitrogens with zero attached hydrogens (tertiary/aromatic N) is 4. The first-order valence-electron chi connectivity index (χ1n) is 11.6. The first kappa shape index (κ1) is 24.2. The van der Waals surface area contributed by atoms with Gasteiger partial charge in [0.1, 0.15) is 5.82 Å². The van der Waals surface area contributed by atoms with Gasteiger partial charge in [-0.3, -0.25) is 0 Å². The highest BCUT2D eigenvalue weighted by Gasteiger charge is 2.20. The van der Waals surface area contributed by atoms with Crippen molar-refractivity contribution >= 4 is 0 Å². The Balaban J connectivity index is 1.97. The van der Waals surface area contributed by atoms with Crippen LogP contribution in [0.2, 0.25) is 0 Å². The van der Waals surface area contributed by atoms with E-state index in [1.54, 1.807) is 0 Å². The molecule has 0 saturated heterocycles. The van der Waals surface area contributed by atoms with E-state index >= 15 is 0 Å². The van der Waals surface area contributed by atoms with Crippen molar-refractivity contribution < 1.29 is 4.39 Å². The molecule has 1 heterocycles. The average Bonchev–Trinajstić information content (AvgIpc) is 2.83. The minimum atomic E-state index is -0.487. The van der Waals surface area contributed by atoms with Gasteiger partial charge in [0.05, 0.1) is 17.2 Å². The van der Waals surface area contributed by atoms with E-state index in [9.17, 15) is 9.65 Å². The molecule has 0 saturated carbocycles. The van der Waals surface area contributed by atoms with Crippen LogP contribution in [-0.2, 0) is 10.8 Å². The van der Waals surface area contributed by atoms with Gasteiger partial charge in [0.2, 0.25) is 0 Å². The number of hydrogen-bond donors (Lipinski definition) is 0. The van der Waals surface area contributed by atoms with Gasteiger partial charge in [0.25, 0.3) is 0 Å². The van der Waals surface area contributed by atoms with Gasteiger partial charge >= 0.3 is 0 Å². The fourth-order valence-electron chi connectivity index (χ4n) is 3.77. The smallest absolute Gasteiger partial charge is 0.167 e. The first-order chi connectivity index (χ1) is 16.5. The molecule has 0 amide bonds. The molecule has 0 fully saturated rings. The lowest BCUT2D eigenvalue weighted by Gasteiger charge is -2.20. The van der Waals surface area contributed by atoms with Crippen molar-refractivity contribution in [1.82, 2.24) is 15.0 Å². The molecule has 0 atom stereocenters. The SMILES string of the molecule is CC(C)(C)c1cccc(-c2nc(-c3cccc(C(C)(C)C)c3)nc(-c3cc(C#N)ccc3F)n2)c1. The van der Waals surface area contributed by atoms with Crippen LogP contribution in [0.4, 0.5) is 4.39 Å². The predicted octanol–water partition coefficient (Wildman–Crippen LogP) is 7.48. The maximum Gasteiger partial charge on any atom is 0.167 e. The number of benzene rings is 3. The van der Waals surface area contributed by atoms with E-state index in [1.807, 2.05) is 24.3 Å². The molecule has 3 aromatic carbocycles. The third-order valence-corrected chi connectivity index (χ3v) is 5.95. The maximum absolute atomic E-state index is 14.9. The highest BCUT2D eigenvalue weighted by Crippen LogP contribution is 2.31. The predicted molar refractivity (Wildman–Crippen MR) is 138 cm³/mol. The van der Waals surface area contributed by atoms with Gasteiger partial charge < -0.3 is 0 Å². The molecule has 0 aliphatic rings. The molecule has 0 aliphatic heterocycles. The number of rotatable bonds is 3. The number of nitriles is 1. The van der Waals surface area contributed by atoms with E-state index in [2.05, 4.69) is 81.8 Å². The second kappa shape index (κ2) is 9.03. The highest BCUT2D eigenvalue weighted by molar-refractivity contribution is 5.68. The lowest BCUT2D eigenvalue weighted by molar-refractivity contribution is 0.590. The second-order valence-electron chi connectivity index (χ2n) is 10.8.